The second-order valence-corrected chi connectivity index (χ2v) is 4.39. The minimum atomic E-state index is -0.184. The van der Waals surface area contributed by atoms with E-state index in [1.54, 1.807) is 26.4 Å². The van der Waals surface area contributed by atoms with E-state index in [1.165, 1.54) is 0 Å². The summed E-state index contributed by atoms with van der Waals surface area (Å²) < 4.78 is 5.33. The molecule has 0 spiro atoms. The molecule has 0 bridgehead atoms. The summed E-state index contributed by atoms with van der Waals surface area (Å²) in [4.78, 5) is 15.7. The summed E-state index contributed by atoms with van der Waals surface area (Å²) in [5, 5.41) is 2.58. The van der Waals surface area contributed by atoms with Crippen LogP contribution in [0, 0.1) is 0 Å². The molecule has 4 heteroatoms. The lowest BCUT2D eigenvalue weighted by atomic mass is 10.0. The summed E-state index contributed by atoms with van der Waals surface area (Å²) in [6.45, 7) is 2.09. The molecule has 0 aliphatic carbocycles. The van der Waals surface area contributed by atoms with Gasteiger partial charge in [0, 0.05) is 13.2 Å². The molecule has 0 radical (unpaired) electrons. The van der Waals surface area contributed by atoms with Crippen LogP contribution in [0.15, 0.2) is 36.5 Å². The number of benzene rings is 1. The number of aromatic nitrogens is 1. The van der Waals surface area contributed by atoms with Gasteiger partial charge >= 0.3 is 0 Å². The zero-order chi connectivity index (χ0) is 14.5. The predicted octanol–water partition coefficient (Wildman–Crippen LogP) is 2.68. The number of carbonyl (C=O) groups excluding carboxylic acids is 1. The third kappa shape index (κ3) is 2.79. The molecule has 2 rings (SSSR count). The van der Waals surface area contributed by atoms with Crippen LogP contribution >= 0.6 is 0 Å². The molecule has 0 fully saturated rings. The third-order valence-electron chi connectivity index (χ3n) is 3.21. The number of ether oxygens (including phenoxy) is 1. The maximum atomic E-state index is 11.6. The Balaban J connectivity index is 2.43. The molecule has 1 heterocycles. The smallest absolute Gasteiger partial charge is 0.269 e. The number of rotatable bonds is 4. The fourth-order valence-corrected chi connectivity index (χ4v) is 2.10. The molecule has 0 aliphatic heterocycles. The van der Waals surface area contributed by atoms with Gasteiger partial charge in [0.25, 0.3) is 5.91 Å². The number of hydrogen-bond donors (Lipinski definition) is 1. The Labute approximate surface area is 118 Å². The van der Waals surface area contributed by atoms with Gasteiger partial charge in [0.2, 0.25) is 0 Å². The van der Waals surface area contributed by atoms with Crippen molar-refractivity contribution in [3.05, 3.63) is 47.8 Å². The number of nitrogens with zero attached hydrogens (tertiary/aromatic N) is 1. The number of carbonyl (C=O) groups is 1. The molecule has 0 unspecified atom stereocenters. The Hall–Kier alpha value is -2.36. The minimum Gasteiger partial charge on any atom is -0.496 e. The molecule has 0 saturated carbocycles. The predicted molar refractivity (Wildman–Crippen MR) is 79.0 cm³/mol. The van der Waals surface area contributed by atoms with Crippen LogP contribution in [0.4, 0.5) is 0 Å². The molecule has 2 aromatic rings. The molecule has 104 valence electrons. The normalized spacial score (nSPS) is 10.2. The van der Waals surface area contributed by atoms with Crippen LogP contribution in [-0.2, 0) is 6.42 Å². The molecule has 0 saturated heterocycles. The average Bonchev–Trinajstić information content (AvgIpc) is 2.53. The molecule has 1 amide bonds. The standard InChI is InChI=1S/C16H18N2O2/c1-4-11-9-12(5-6-15(11)20-3)13-7-8-18-14(10-13)16(19)17-2/h5-10H,4H2,1-3H3,(H,17,19). The van der Waals surface area contributed by atoms with Crippen molar-refractivity contribution >= 4 is 5.91 Å². The minimum absolute atomic E-state index is 0.184. The fraction of sp³-hybridized carbons (Fsp3) is 0.250. The van der Waals surface area contributed by atoms with Gasteiger partial charge in [-0.15, -0.1) is 0 Å². The maximum Gasteiger partial charge on any atom is 0.269 e. The highest BCUT2D eigenvalue weighted by atomic mass is 16.5. The highest BCUT2D eigenvalue weighted by Gasteiger charge is 2.08. The molecule has 1 aromatic heterocycles. The fourth-order valence-electron chi connectivity index (χ4n) is 2.10. The second-order valence-electron chi connectivity index (χ2n) is 4.39. The van der Waals surface area contributed by atoms with E-state index in [-0.39, 0.29) is 5.91 Å². The van der Waals surface area contributed by atoms with Crippen molar-refractivity contribution in [2.45, 2.75) is 13.3 Å². The van der Waals surface area contributed by atoms with Crippen molar-refractivity contribution in [3.8, 4) is 16.9 Å². The molecule has 1 N–H and O–H groups in total. The van der Waals surface area contributed by atoms with Crippen LogP contribution in [0.1, 0.15) is 23.0 Å². The number of amides is 1. The molecular formula is C16H18N2O2. The number of hydrogen-bond acceptors (Lipinski definition) is 3. The summed E-state index contributed by atoms with van der Waals surface area (Å²) in [5.41, 5.74) is 3.58. The molecule has 20 heavy (non-hydrogen) atoms. The highest BCUT2D eigenvalue weighted by molar-refractivity contribution is 5.93. The third-order valence-corrected chi connectivity index (χ3v) is 3.21. The first-order valence-corrected chi connectivity index (χ1v) is 6.55. The highest BCUT2D eigenvalue weighted by Crippen LogP contribution is 2.27. The van der Waals surface area contributed by atoms with Gasteiger partial charge in [0.1, 0.15) is 11.4 Å². The largest absolute Gasteiger partial charge is 0.496 e. The van der Waals surface area contributed by atoms with E-state index in [0.717, 1.165) is 28.9 Å². The Bertz CT molecular complexity index is 624. The van der Waals surface area contributed by atoms with Crippen LogP contribution in [0.2, 0.25) is 0 Å². The lowest BCUT2D eigenvalue weighted by Gasteiger charge is -2.10. The van der Waals surface area contributed by atoms with Crippen molar-refractivity contribution in [3.63, 3.8) is 0 Å². The van der Waals surface area contributed by atoms with Crippen molar-refractivity contribution in [2.75, 3.05) is 14.2 Å². The van der Waals surface area contributed by atoms with Crippen molar-refractivity contribution in [1.82, 2.24) is 10.3 Å². The summed E-state index contributed by atoms with van der Waals surface area (Å²) in [6, 6.07) is 9.71. The SMILES string of the molecule is CCc1cc(-c2ccnc(C(=O)NC)c2)ccc1OC. The van der Waals surface area contributed by atoms with E-state index in [0.29, 0.717) is 5.69 Å². The summed E-state index contributed by atoms with van der Waals surface area (Å²) in [7, 11) is 3.27. The number of pyridine rings is 1. The summed E-state index contributed by atoms with van der Waals surface area (Å²) >= 11 is 0. The van der Waals surface area contributed by atoms with Gasteiger partial charge in [-0.25, -0.2) is 0 Å². The Morgan fingerprint density at radius 1 is 1.25 bits per heavy atom. The van der Waals surface area contributed by atoms with E-state index >= 15 is 0 Å². The van der Waals surface area contributed by atoms with Crippen LogP contribution in [0.3, 0.4) is 0 Å². The molecule has 0 atom stereocenters. The van der Waals surface area contributed by atoms with E-state index in [9.17, 15) is 4.79 Å². The average molecular weight is 270 g/mol. The number of methoxy groups -OCH3 is 1. The topological polar surface area (TPSA) is 51.2 Å². The van der Waals surface area contributed by atoms with Gasteiger partial charge in [-0.05, 0) is 47.4 Å². The van der Waals surface area contributed by atoms with Crippen molar-refractivity contribution in [1.29, 1.82) is 0 Å². The van der Waals surface area contributed by atoms with Gasteiger partial charge in [0.05, 0.1) is 7.11 Å². The molecule has 1 aromatic carbocycles. The van der Waals surface area contributed by atoms with Gasteiger partial charge in [-0.3, -0.25) is 9.78 Å². The maximum absolute atomic E-state index is 11.6. The van der Waals surface area contributed by atoms with Crippen molar-refractivity contribution < 1.29 is 9.53 Å². The van der Waals surface area contributed by atoms with Gasteiger partial charge in [0.15, 0.2) is 0 Å². The summed E-state index contributed by atoms with van der Waals surface area (Å²) in [5.74, 6) is 0.702. The van der Waals surface area contributed by atoms with Gasteiger partial charge in [-0.2, -0.15) is 0 Å². The first-order valence-electron chi connectivity index (χ1n) is 6.55. The molecular weight excluding hydrogens is 252 g/mol. The van der Waals surface area contributed by atoms with Crippen LogP contribution in [-0.4, -0.2) is 25.0 Å². The van der Waals surface area contributed by atoms with Crippen molar-refractivity contribution in [2.24, 2.45) is 0 Å². The van der Waals surface area contributed by atoms with E-state index < -0.39 is 0 Å². The Kier molecular flexibility index (Phi) is 4.35. The van der Waals surface area contributed by atoms with E-state index in [4.69, 9.17) is 4.74 Å². The monoisotopic (exact) mass is 270 g/mol. The van der Waals surface area contributed by atoms with E-state index in [2.05, 4.69) is 23.3 Å². The Morgan fingerprint density at radius 2 is 2.00 bits per heavy atom. The first-order chi connectivity index (χ1) is 9.69. The first kappa shape index (κ1) is 14.1. The lowest BCUT2D eigenvalue weighted by Crippen LogP contribution is -2.19. The van der Waals surface area contributed by atoms with Gasteiger partial charge < -0.3 is 10.1 Å². The van der Waals surface area contributed by atoms with Crippen LogP contribution in [0.5, 0.6) is 5.75 Å². The number of nitrogens with one attached hydrogen (secondary N) is 1. The zero-order valence-corrected chi connectivity index (χ0v) is 11.9. The quantitative estimate of drug-likeness (QED) is 0.929. The number of aryl methyl sites for hydroxylation is 1. The van der Waals surface area contributed by atoms with Crippen LogP contribution < -0.4 is 10.1 Å². The zero-order valence-electron chi connectivity index (χ0n) is 11.9. The Morgan fingerprint density at radius 3 is 2.65 bits per heavy atom. The second kappa shape index (κ2) is 6.19. The lowest BCUT2D eigenvalue weighted by molar-refractivity contribution is 0.0958. The van der Waals surface area contributed by atoms with E-state index in [1.807, 2.05) is 18.2 Å². The molecule has 4 nitrogen and oxygen atoms in total. The van der Waals surface area contributed by atoms with Gasteiger partial charge in [-0.1, -0.05) is 13.0 Å². The molecule has 0 aliphatic rings. The summed E-state index contributed by atoms with van der Waals surface area (Å²) in [6.07, 6.45) is 2.54. The van der Waals surface area contributed by atoms with Crippen LogP contribution in [0.25, 0.3) is 11.1 Å².